The highest BCUT2D eigenvalue weighted by molar-refractivity contribution is 8.26. The molecule has 1 aromatic carbocycles. The molecule has 0 radical (unpaired) electrons. The highest BCUT2D eigenvalue weighted by Crippen LogP contribution is 2.34. The van der Waals surface area contributed by atoms with Crippen molar-refractivity contribution in [3.05, 3.63) is 33.7 Å². The van der Waals surface area contributed by atoms with Crippen LogP contribution in [0.2, 0.25) is 0 Å². The van der Waals surface area contributed by atoms with Gasteiger partial charge in [-0.3, -0.25) is 9.69 Å². The first-order chi connectivity index (χ1) is 11.5. The first-order valence-corrected chi connectivity index (χ1v) is 9.24. The zero-order chi connectivity index (χ0) is 17.3. The van der Waals surface area contributed by atoms with Crippen molar-refractivity contribution in [1.29, 1.82) is 0 Å². The first kappa shape index (κ1) is 17.5. The Bertz CT molecular complexity index is 708. The van der Waals surface area contributed by atoms with Crippen LogP contribution in [-0.2, 0) is 9.53 Å². The standard InChI is InChI=1S/C18H21NO3S2/c1-11-8-15(21-3)12(2)7-13(11)9-16-17(20)19(18(23)24-16)10-14-5-4-6-22-14/h7-9,14H,4-6,10H2,1-3H3/b16-9-/t14-/m1/s1. The van der Waals surface area contributed by atoms with Gasteiger partial charge in [-0.05, 0) is 61.6 Å². The molecule has 1 atom stereocenters. The summed E-state index contributed by atoms with van der Waals surface area (Å²) in [5, 5.41) is 0. The van der Waals surface area contributed by atoms with Crippen molar-refractivity contribution in [2.24, 2.45) is 0 Å². The third-order valence-electron chi connectivity index (χ3n) is 4.35. The number of hydrogen-bond acceptors (Lipinski definition) is 5. The van der Waals surface area contributed by atoms with Crippen LogP contribution in [-0.4, -0.2) is 41.5 Å². The van der Waals surface area contributed by atoms with E-state index in [-0.39, 0.29) is 12.0 Å². The van der Waals surface area contributed by atoms with E-state index in [0.717, 1.165) is 41.9 Å². The summed E-state index contributed by atoms with van der Waals surface area (Å²) in [7, 11) is 1.66. The number of methoxy groups -OCH3 is 1. The smallest absolute Gasteiger partial charge is 0.266 e. The van der Waals surface area contributed by atoms with Crippen molar-refractivity contribution in [2.75, 3.05) is 20.3 Å². The molecular weight excluding hydrogens is 342 g/mol. The number of hydrogen-bond donors (Lipinski definition) is 0. The van der Waals surface area contributed by atoms with Crippen LogP contribution in [0.5, 0.6) is 5.75 Å². The second-order valence-corrected chi connectivity index (χ2v) is 7.78. The number of rotatable bonds is 4. The van der Waals surface area contributed by atoms with E-state index >= 15 is 0 Å². The molecule has 0 aromatic heterocycles. The van der Waals surface area contributed by atoms with Crippen molar-refractivity contribution >= 4 is 40.3 Å². The van der Waals surface area contributed by atoms with Gasteiger partial charge in [-0.2, -0.15) is 0 Å². The Kier molecular flexibility index (Phi) is 5.27. The quantitative estimate of drug-likeness (QED) is 0.603. The second kappa shape index (κ2) is 7.25. The highest BCUT2D eigenvalue weighted by atomic mass is 32.2. The van der Waals surface area contributed by atoms with Crippen molar-refractivity contribution in [1.82, 2.24) is 4.90 Å². The average Bonchev–Trinajstić information content (AvgIpc) is 3.15. The number of carbonyl (C=O) groups excluding carboxylic acids is 1. The minimum absolute atomic E-state index is 0.0200. The average molecular weight is 364 g/mol. The van der Waals surface area contributed by atoms with E-state index in [1.165, 1.54) is 11.8 Å². The van der Waals surface area contributed by atoms with Gasteiger partial charge in [0.1, 0.15) is 10.1 Å². The number of thioether (sulfide) groups is 1. The Morgan fingerprint density at radius 2 is 2.21 bits per heavy atom. The number of benzene rings is 1. The summed E-state index contributed by atoms with van der Waals surface area (Å²) in [5.41, 5.74) is 3.14. The summed E-state index contributed by atoms with van der Waals surface area (Å²) < 4.78 is 11.6. The van der Waals surface area contributed by atoms with Crippen LogP contribution in [0.15, 0.2) is 17.0 Å². The third-order valence-corrected chi connectivity index (χ3v) is 5.73. The molecule has 2 aliphatic heterocycles. The molecule has 1 aromatic rings. The second-order valence-electron chi connectivity index (χ2n) is 6.11. The Morgan fingerprint density at radius 1 is 1.42 bits per heavy atom. The van der Waals surface area contributed by atoms with Crippen LogP contribution < -0.4 is 4.74 Å². The maximum Gasteiger partial charge on any atom is 0.266 e. The van der Waals surface area contributed by atoms with Crippen molar-refractivity contribution in [2.45, 2.75) is 32.8 Å². The molecule has 2 fully saturated rings. The van der Waals surface area contributed by atoms with Gasteiger partial charge in [0, 0.05) is 6.61 Å². The third kappa shape index (κ3) is 3.50. The molecule has 4 nitrogen and oxygen atoms in total. The molecule has 0 saturated carbocycles. The topological polar surface area (TPSA) is 38.8 Å². The van der Waals surface area contributed by atoms with E-state index in [1.54, 1.807) is 12.0 Å². The summed E-state index contributed by atoms with van der Waals surface area (Å²) in [6.45, 7) is 5.35. The van der Waals surface area contributed by atoms with Gasteiger partial charge in [0.25, 0.3) is 5.91 Å². The fourth-order valence-corrected chi connectivity index (χ4v) is 4.24. The fourth-order valence-electron chi connectivity index (χ4n) is 2.98. The molecule has 0 bridgehead atoms. The number of amides is 1. The molecule has 1 amide bonds. The van der Waals surface area contributed by atoms with E-state index in [1.807, 2.05) is 32.1 Å². The van der Waals surface area contributed by atoms with Gasteiger partial charge in [0.2, 0.25) is 0 Å². The number of aryl methyl sites for hydroxylation is 2. The number of ether oxygens (including phenoxy) is 2. The maximum atomic E-state index is 12.7. The van der Waals surface area contributed by atoms with E-state index in [0.29, 0.717) is 15.8 Å². The van der Waals surface area contributed by atoms with Gasteiger partial charge in [-0.15, -0.1) is 0 Å². The maximum absolute atomic E-state index is 12.7. The minimum atomic E-state index is -0.0200. The Labute approximate surface area is 152 Å². The summed E-state index contributed by atoms with van der Waals surface area (Å²) >= 11 is 6.76. The Hall–Kier alpha value is -1.37. The van der Waals surface area contributed by atoms with Gasteiger partial charge in [0.05, 0.1) is 24.7 Å². The predicted octanol–water partition coefficient (Wildman–Crippen LogP) is 3.69. The largest absolute Gasteiger partial charge is 0.496 e. The molecular formula is C18H21NO3S2. The lowest BCUT2D eigenvalue weighted by molar-refractivity contribution is -0.123. The lowest BCUT2D eigenvalue weighted by Crippen LogP contribution is -2.35. The monoisotopic (exact) mass is 363 g/mol. The lowest BCUT2D eigenvalue weighted by atomic mass is 10.0. The van der Waals surface area contributed by atoms with E-state index < -0.39 is 0 Å². The van der Waals surface area contributed by atoms with Crippen LogP contribution >= 0.6 is 24.0 Å². The van der Waals surface area contributed by atoms with Gasteiger partial charge in [-0.1, -0.05) is 24.0 Å². The molecule has 2 heterocycles. The van der Waals surface area contributed by atoms with Gasteiger partial charge in [-0.25, -0.2) is 0 Å². The summed E-state index contributed by atoms with van der Waals surface area (Å²) in [4.78, 5) is 15.0. The van der Waals surface area contributed by atoms with Crippen molar-refractivity contribution in [3.8, 4) is 5.75 Å². The zero-order valence-corrected chi connectivity index (χ0v) is 15.8. The van der Waals surface area contributed by atoms with Gasteiger partial charge < -0.3 is 9.47 Å². The molecule has 2 aliphatic rings. The molecule has 128 valence electrons. The van der Waals surface area contributed by atoms with Crippen LogP contribution in [0.25, 0.3) is 6.08 Å². The summed E-state index contributed by atoms with van der Waals surface area (Å²) in [5.74, 6) is 0.837. The molecule has 0 unspecified atom stereocenters. The molecule has 24 heavy (non-hydrogen) atoms. The fraction of sp³-hybridized carbons (Fsp3) is 0.444. The molecule has 0 aliphatic carbocycles. The molecule has 6 heteroatoms. The number of thiocarbonyl (C=S) groups is 1. The van der Waals surface area contributed by atoms with Gasteiger partial charge >= 0.3 is 0 Å². The van der Waals surface area contributed by atoms with Crippen LogP contribution in [0.4, 0.5) is 0 Å². The zero-order valence-electron chi connectivity index (χ0n) is 14.1. The number of nitrogens with zero attached hydrogens (tertiary/aromatic N) is 1. The predicted molar refractivity (Wildman–Crippen MR) is 101 cm³/mol. The lowest BCUT2D eigenvalue weighted by Gasteiger charge is -2.18. The minimum Gasteiger partial charge on any atom is -0.496 e. The van der Waals surface area contributed by atoms with Crippen LogP contribution in [0.1, 0.15) is 29.5 Å². The van der Waals surface area contributed by atoms with Gasteiger partial charge in [0.15, 0.2) is 0 Å². The number of carbonyl (C=O) groups is 1. The molecule has 0 N–H and O–H groups in total. The van der Waals surface area contributed by atoms with E-state index in [9.17, 15) is 4.79 Å². The van der Waals surface area contributed by atoms with Crippen LogP contribution in [0.3, 0.4) is 0 Å². The van der Waals surface area contributed by atoms with E-state index in [4.69, 9.17) is 21.7 Å². The SMILES string of the molecule is COc1cc(C)c(/C=C2\SC(=S)N(C[C@H]3CCCO3)C2=O)cc1C. The summed E-state index contributed by atoms with van der Waals surface area (Å²) in [6, 6.07) is 4.04. The van der Waals surface area contributed by atoms with E-state index in [2.05, 4.69) is 0 Å². The van der Waals surface area contributed by atoms with Crippen molar-refractivity contribution in [3.63, 3.8) is 0 Å². The highest BCUT2D eigenvalue weighted by Gasteiger charge is 2.34. The molecule has 2 saturated heterocycles. The molecule has 3 rings (SSSR count). The Balaban J connectivity index is 1.82. The van der Waals surface area contributed by atoms with Crippen molar-refractivity contribution < 1.29 is 14.3 Å². The van der Waals surface area contributed by atoms with Crippen LogP contribution in [0, 0.1) is 13.8 Å². The summed E-state index contributed by atoms with van der Waals surface area (Å²) in [6.07, 6.45) is 4.08. The normalized spacial score (nSPS) is 22.7. The Morgan fingerprint density at radius 3 is 2.88 bits per heavy atom. The molecule has 0 spiro atoms. The first-order valence-electron chi connectivity index (χ1n) is 8.02.